The third kappa shape index (κ3) is 2.49. The molecule has 5 heteroatoms. The Hall–Kier alpha value is -2.19. The lowest BCUT2D eigenvalue weighted by atomic mass is 10.1. The average Bonchev–Trinajstić information content (AvgIpc) is 2.79. The fourth-order valence-corrected chi connectivity index (χ4v) is 1.56. The first kappa shape index (κ1) is 11.3. The highest BCUT2D eigenvalue weighted by molar-refractivity contribution is 5.38. The Labute approximate surface area is 98.1 Å². The fourth-order valence-electron chi connectivity index (χ4n) is 1.56. The van der Waals surface area contributed by atoms with Gasteiger partial charge in [-0.05, 0) is 17.7 Å². The van der Waals surface area contributed by atoms with E-state index in [9.17, 15) is 4.39 Å². The number of halogens is 1. The van der Waals surface area contributed by atoms with E-state index in [4.69, 9.17) is 11.0 Å². The Morgan fingerprint density at radius 3 is 2.94 bits per heavy atom. The van der Waals surface area contributed by atoms with Gasteiger partial charge in [0, 0.05) is 18.3 Å². The van der Waals surface area contributed by atoms with Crippen molar-refractivity contribution in [1.29, 1.82) is 5.26 Å². The lowest BCUT2D eigenvalue weighted by Crippen LogP contribution is -2.02. The molecule has 0 aliphatic carbocycles. The van der Waals surface area contributed by atoms with E-state index in [2.05, 4.69) is 5.10 Å². The van der Waals surface area contributed by atoms with Gasteiger partial charge in [-0.25, -0.2) is 4.39 Å². The molecule has 0 fully saturated rings. The predicted molar refractivity (Wildman–Crippen MR) is 60.3 cm³/mol. The molecule has 0 unspecified atom stereocenters. The highest BCUT2D eigenvalue weighted by atomic mass is 19.1. The van der Waals surface area contributed by atoms with Gasteiger partial charge in [0.2, 0.25) is 0 Å². The number of hydrogen-bond acceptors (Lipinski definition) is 3. The van der Waals surface area contributed by atoms with E-state index in [-0.39, 0.29) is 0 Å². The molecule has 17 heavy (non-hydrogen) atoms. The van der Waals surface area contributed by atoms with Crippen molar-refractivity contribution in [3.8, 4) is 6.07 Å². The van der Waals surface area contributed by atoms with Crippen molar-refractivity contribution in [1.82, 2.24) is 9.78 Å². The first-order valence-corrected chi connectivity index (χ1v) is 5.13. The molecule has 0 aliphatic heterocycles. The van der Waals surface area contributed by atoms with Crippen LogP contribution in [0.25, 0.3) is 0 Å². The molecule has 0 aliphatic rings. The van der Waals surface area contributed by atoms with E-state index in [0.717, 1.165) is 11.1 Å². The summed E-state index contributed by atoms with van der Waals surface area (Å²) in [5.41, 5.74) is 7.46. The highest BCUT2D eigenvalue weighted by Gasteiger charge is 2.05. The molecule has 0 spiro atoms. The van der Waals surface area contributed by atoms with Gasteiger partial charge in [-0.2, -0.15) is 10.4 Å². The summed E-state index contributed by atoms with van der Waals surface area (Å²) in [6.07, 6.45) is 3.49. The van der Waals surface area contributed by atoms with E-state index in [1.54, 1.807) is 16.9 Å². The van der Waals surface area contributed by atoms with Crippen LogP contribution in [0.3, 0.4) is 0 Å². The maximum absolute atomic E-state index is 12.9. The lowest BCUT2D eigenvalue weighted by molar-refractivity contribution is 0.623. The number of nitrogens with zero attached hydrogens (tertiary/aromatic N) is 3. The van der Waals surface area contributed by atoms with Crippen LogP contribution in [0.15, 0.2) is 30.6 Å². The summed E-state index contributed by atoms with van der Waals surface area (Å²) < 4.78 is 14.6. The predicted octanol–water partition coefficient (Wildman–Crippen LogP) is 1.40. The number of hydrogen-bond donors (Lipinski definition) is 1. The first-order valence-electron chi connectivity index (χ1n) is 5.13. The molecule has 1 aromatic heterocycles. The van der Waals surface area contributed by atoms with Gasteiger partial charge in [0.25, 0.3) is 0 Å². The van der Waals surface area contributed by atoms with Gasteiger partial charge < -0.3 is 5.73 Å². The number of rotatable bonds is 3. The van der Waals surface area contributed by atoms with E-state index < -0.39 is 5.82 Å². The Kier molecular flexibility index (Phi) is 3.17. The van der Waals surface area contributed by atoms with Gasteiger partial charge in [-0.3, -0.25) is 4.68 Å². The van der Waals surface area contributed by atoms with E-state index >= 15 is 0 Å². The molecule has 0 atom stereocenters. The summed E-state index contributed by atoms with van der Waals surface area (Å²) in [6, 6.07) is 6.13. The minimum absolute atomic E-state index is 0.329. The van der Waals surface area contributed by atoms with Crippen molar-refractivity contribution >= 4 is 0 Å². The fraction of sp³-hybridized carbons (Fsp3) is 0.167. The highest BCUT2D eigenvalue weighted by Crippen LogP contribution is 2.12. The second-order valence-corrected chi connectivity index (χ2v) is 3.66. The summed E-state index contributed by atoms with van der Waals surface area (Å²) >= 11 is 0. The van der Waals surface area contributed by atoms with Crippen LogP contribution in [0.1, 0.15) is 16.7 Å². The molecule has 2 rings (SSSR count). The van der Waals surface area contributed by atoms with Gasteiger partial charge in [0.1, 0.15) is 5.82 Å². The quantitative estimate of drug-likeness (QED) is 0.866. The molecule has 0 bridgehead atoms. The second-order valence-electron chi connectivity index (χ2n) is 3.66. The first-order chi connectivity index (χ1) is 8.22. The van der Waals surface area contributed by atoms with Crippen LogP contribution < -0.4 is 5.73 Å². The van der Waals surface area contributed by atoms with Crippen molar-refractivity contribution in [2.45, 2.75) is 13.1 Å². The van der Waals surface area contributed by atoms with Gasteiger partial charge in [-0.15, -0.1) is 0 Å². The van der Waals surface area contributed by atoms with Crippen LogP contribution in [0.4, 0.5) is 4.39 Å². The van der Waals surface area contributed by atoms with Crippen LogP contribution in [-0.2, 0) is 13.1 Å². The second kappa shape index (κ2) is 4.76. The van der Waals surface area contributed by atoms with Gasteiger partial charge in [0.15, 0.2) is 0 Å². The maximum atomic E-state index is 12.9. The van der Waals surface area contributed by atoms with Gasteiger partial charge >= 0.3 is 0 Å². The van der Waals surface area contributed by atoms with Crippen molar-refractivity contribution in [3.63, 3.8) is 0 Å². The average molecular weight is 230 g/mol. The summed E-state index contributed by atoms with van der Waals surface area (Å²) in [4.78, 5) is 0. The van der Waals surface area contributed by atoms with E-state index in [1.807, 2.05) is 12.3 Å². The Morgan fingerprint density at radius 1 is 1.47 bits per heavy atom. The Morgan fingerprint density at radius 2 is 2.29 bits per heavy atom. The molecule has 2 aromatic rings. The van der Waals surface area contributed by atoms with Crippen molar-refractivity contribution in [2.75, 3.05) is 0 Å². The van der Waals surface area contributed by atoms with E-state index in [1.165, 1.54) is 12.1 Å². The molecule has 2 N–H and O–H groups in total. The summed E-state index contributed by atoms with van der Waals surface area (Å²) in [7, 11) is 0. The molecule has 0 saturated carbocycles. The van der Waals surface area contributed by atoms with Crippen LogP contribution >= 0.6 is 0 Å². The molecule has 1 aromatic carbocycles. The summed E-state index contributed by atoms with van der Waals surface area (Å²) in [5.74, 6) is -0.409. The molecule has 0 radical (unpaired) electrons. The monoisotopic (exact) mass is 230 g/mol. The largest absolute Gasteiger partial charge is 0.326 e. The number of benzene rings is 1. The standard InChI is InChI=1S/C12H11FN4/c13-12-2-1-10(11(3-12)5-15)8-17-7-9(4-14)6-16-17/h1-3,6-7H,4,8,14H2. The topological polar surface area (TPSA) is 67.6 Å². The molecule has 0 amide bonds. The van der Waals surface area contributed by atoms with Crippen molar-refractivity contribution in [3.05, 3.63) is 53.1 Å². The van der Waals surface area contributed by atoms with Crippen molar-refractivity contribution < 1.29 is 4.39 Å². The number of nitrogens with two attached hydrogens (primary N) is 1. The third-order valence-electron chi connectivity index (χ3n) is 2.45. The molecule has 1 heterocycles. The molecule has 4 nitrogen and oxygen atoms in total. The smallest absolute Gasteiger partial charge is 0.124 e. The van der Waals surface area contributed by atoms with Crippen LogP contribution in [-0.4, -0.2) is 9.78 Å². The zero-order valence-corrected chi connectivity index (χ0v) is 9.10. The number of aromatic nitrogens is 2. The van der Waals surface area contributed by atoms with Crippen LogP contribution in [0.5, 0.6) is 0 Å². The van der Waals surface area contributed by atoms with Crippen molar-refractivity contribution in [2.24, 2.45) is 5.73 Å². The SMILES string of the molecule is N#Cc1cc(F)ccc1Cn1cc(CN)cn1. The van der Waals surface area contributed by atoms with Crippen LogP contribution in [0.2, 0.25) is 0 Å². The summed E-state index contributed by atoms with van der Waals surface area (Å²) in [6.45, 7) is 0.859. The van der Waals surface area contributed by atoms with E-state index in [0.29, 0.717) is 18.7 Å². The number of nitriles is 1. The lowest BCUT2D eigenvalue weighted by Gasteiger charge is -2.04. The Balaban J connectivity index is 2.27. The summed E-state index contributed by atoms with van der Waals surface area (Å²) in [5, 5.41) is 13.0. The van der Waals surface area contributed by atoms with Gasteiger partial charge in [-0.1, -0.05) is 6.07 Å². The minimum atomic E-state index is -0.409. The normalized spacial score (nSPS) is 10.2. The molecule has 86 valence electrons. The molecular formula is C12H11FN4. The van der Waals surface area contributed by atoms with Crippen LogP contribution in [0, 0.1) is 17.1 Å². The zero-order chi connectivity index (χ0) is 12.3. The third-order valence-corrected chi connectivity index (χ3v) is 2.45. The Bertz CT molecular complexity index is 568. The maximum Gasteiger partial charge on any atom is 0.124 e. The minimum Gasteiger partial charge on any atom is -0.326 e. The molecular weight excluding hydrogens is 219 g/mol. The van der Waals surface area contributed by atoms with Gasteiger partial charge in [0.05, 0.1) is 24.4 Å². The zero-order valence-electron chi connectivity index (χ0n) is 9.10. The molecule has 0 saturated heterocycles.